The average Bonchev–Trinajstić information content (AvgIpc) is 3.26. The molecule has 2 aliphatic rings. The highest BCUT2D eigenvalue weighted by Gasteiger charge is 2.54. The summed E-state index contributed by atoms with van der Waals surface area (Å²) in [5.74, 6) is -2.78. The molecular formula is C20H18N6O7S2. The Hall–Kier alpha value is -4.11. The lowest BCUT2D eigenvalue weighted by molar-refractivity contribution is -0.150. The van der Waals surface area contributed by atoms with Crippen molar-refractivity contribution in [1.29, 1.82) is 0 Å². The number of ether oxygens (including phenoxy) is 1. The number of carboxylic acids is 1. The first-order chi connectivity index (χ1) is 16.7. The SMILES string of the molecule is NC(=O)c1ccc(OCC2=C(C(=O)O)N3C(=O)C(NC(=O)/C(=N\O)c4csc(N)n4)[C@H]3SC2)cc1. The summed E-state index contributed by atoms with van der Waals surface area (Å²) < 4.78 is 5.64. The zero-order chi connectivity index (χ0) is 25.3. The highest BCUT2D eigenvalue weighted by molar-refractivity contribution is 8.00. The number of hydrogen-bond acceptors (Lipinski definition) is 11. The number of aromatic nitrogens is 1. The van der Waals surface area contributed by atoms with E-state index in [4.69, 9.17) is 16.2 Å². The summed E-state index contributed by atoms with van der Waals surface area (Å²) in [6.45, 7) is -0.107. The third kappa shape index (κ3) is 4.63. The number of nitrogens with zero attached hydrogens (tertiary/aromatic N) is 3. The van der Waals surface area contributed by atoms with Crippen LogP contribution in [0.2, 0.25) is 0 Å². The Morgan fingerprint density at radius 3 is 2.57 bits per heavy atom. The van der Waals surface area contributed by atoms with Crippen molar-refractivity contribution in [2.24, 2.45) is 10.9 Å². The molecule has 0 aliphatic carbocycles. The van der Waals surface area contributed by atoms with Gasteiger partial charge in [-0.3, -0.25) is 19.3 Å². The number of thioether (sulfide) groups is 1. The Labute approximate surface area is 205 Å². The van der Waals surface area contributed by atoms with Crippen molar-refractivity contribution < 1.29 is 34.2 Å². The molecule has 2 aromatic rings. The van der Waals surface area contributed by atoms with Gasteiger partial charge in [0.2, 0.25) is 5.91 Å². The van der Waals surface area contributed by atoms with Gasteiger partial charge in [0.05, 0.1) is 0 Å². The number of oxime groups is 1. The number of benzene rings is 1. The minimum Gasteiger partial charge on any atom is -0.489 e. The smallest absolute Gasteiger partial charge is 0.352 e. The van der Waals surface area contributed by atoms with E-state index in [1.165, 1.54) is 41.4 Å². The predicted octanol–water partition coefficient (Wildman–Crippen LogP) is -0.180. The lowest BCUT2D eigenvalue weighted by Gasteiger charge is -2.49. The highest BCUT2D eigenvalue weighted by Crippen LogP contribution is 2.40. The van der Waals surface area contributed by atoms with E-state index in [2.05, 4.69) is 15.5 Å². The highest BCUT2D eigenvalue weighted by atomic mass is 32.2. The van der Waals surface area contributed by atoms with Gasteiger partial charge in [-0.1, -0.05) is 5.16 Å². The third-order valence-corrected chi connectivity index (χ3v) is 7.18. The number of β-lactam (4-membered cyclic amide) rings is 1. The molecule has 15 heteroatoms. The molecule has 2 aliphatic heterocycles. The molecular weight excluding hydrogens is 500 g/mol. The average molecular weight is 519 g/mol. The number of nitrogens with two attached hydrogens (primary N) is 2. The van der Waals surface area contributed by atoms with Crippen LogP contribution in [0.15, 0.2) is 46.1 Å². The molecule has 3 amide bonds. The van der Waals surface area contributed by atoms with Gasteiger partial charge in [-0.05, 0) is 24.3 Å². The van der Waals surface area contributed by atoms with E-state index >= 15 is 0 Å². The maximum absolute atomic E-state index is 12.8. The first kappa shape index (κ1) is 24.0. The van der Waals surface area contributed by atoms with Gasteiger partial charge >= 0.3 is 5.97 Å². The second kappa shape index (κ2) is 9.63. The molecule has 0 saturated carbocycles. The number of primary amides is 1. The first-order valence-corrected chi connectivity index (χ1v) is 11.8. The van der Waals surface area contributed by atoms with E-state index in [-0.39, 0.29) is 28.9 Å². The number of carbonyl (C=O) groups is 4. The Morgan fingerprint density at radius 1 is 1.29 bits per heavy atom. The minimum atomic E-state index is -1.31. The predicted molar refractivity (Wildman–Crippen MR) is 125 cm³/mol. The molecule has 35 heavy (non-hydrogen) atoms. The number of nitrogen functional groups attached to an aromatic ring is 1. The van der Waals surface area contributed by atoms with Crippen molar-refractivity contribution in [3.63, 3.8) is 0 Å². The van der Waals surface area contributed by atoms with Gasteiger partial charge in [0.25, 0.3) is 11.8 Å². The number of carboxylic acid groups (broad SMARTS) is 1. The number of amides is 3. The summed E-state index contributed by atoms with van der Waals surface area (Å²) >= 11 is 2.29. The van der Waals surface area contributed by atoms with Gasteiger partial charge in [0.1, 0.15) is 35.2 Å². The molecule has 0 bridgehead atoms. The number of fused-ring (bicyclic) bond motifs is 1. The third-order valence-electron chi connectivity index (χ3n) is 5.17. The standard InChI is InChI=1S/C20H18N6O7S2/c21-15(27)8-1-3-10(4-2-8)33-5-9-6-34-18-13(17(29)26(18)14(9)19(30)31)24-16(28)12(25-32)11-7-35-20(22)23-11/h1-4,7,13,18,32H,5-6H2,(H2,21,27)(H2,22,23)(H,24,28)(H,30,31)/b25-12-/t13?,18-/m1/s1. The zero-order valence-electron chi connectivity index (χ0n) is 17.7. The number of thiazole rings is 1. The van der Waals surface area contributed by atoms with E-state index in [9.17, 15) is 29.5 Å². The molecule has 1 aromatic heterocycles. The fourth-order valence-corrected chi connectivity index (χ4v) is 5.37. The summed E-state index contributed by atoms with van der Waals surface area (Å²) in [6, 6.07) is 4.98. The van der Waals surface area contributed by atoms with Gasteiger partial charge < -0.3 is 31.8 Å². The van der Waals surface area contributed by atoms with Gasteiger partial charge in [-0.25, -0.2) is 9.78 Å². The van der Waals surface area contributed by atoms with Crippen LogP contribution in [0.3, 0.4) is 0 Å². The van der Waals surface area contributed by atoms with Gasteiger partial charge in [-0.2, -0.15) is 0 Å². The molecule has 4 rings (SSSR count). The molecule has 0 spiro atoms. The van der Waals surface area contributed by atoms with E-state index in [1.807, 2.05) is 0 Å². The quantitative estimate of drug-likeness (QED) is 0.135. The Bertz CT molecular complexity index is 1270. The van der Waals surface area contributed by atoms with Crippen LogP contribution in [0.4, 0.5) is 5.13 Å². The van der Waals surface area contributed by atoms with Gasteiger partial charge in [0.15, 0.2) is 10.8 Å². The molecule has 1 aromatic carbocycles. The molecule has 1 saturated heterocycles. The molecule has 1 unspecified atom stereocenters. The van der Waals surface area contributed by atoms with E-state index in [1.54, 1.807) is 0 Å². The van der Waals surface area contributed by atoms with E-state index in [0.29, 0.717) is 16.9 Å². The Kier molecular flexibility index (Phi) is 6.61. The maximum Gasteiger partial charge on any atom is 0.352 e. The summed E-state index contributed by atoms with van der Waals surface area (Å²) in [5, 5.41) is 25.3. The molecule has 13 nitrogen and oxygen atoms in total. The van der Waals surface area contributed by atoms with Crippen LogP contribution in [0, 0.1) is 0 Å². The summed E-state index contributed by atoms with van der Waals surface area (Å²) in [7, 11) is 0. The van der Waals surface area contributed by atoms with Crippen molar-refractivity contribution in [3.8, 4) is 5.75 Å². The van der Waals surface area contributed by atoms with Crippen LogP contribution in [-0.4, -0.2) is 73.4 Å². The largest absolute Gasteiger partial charge is 0.489 e. The van der Waals surface area contributed by atoms with Crippen molar-refractivity contribution in [2.45, 2.75) is 11.4 Å². The Balaban J connectivity index is 1.46. The summed E-state index contributed by atoms with van der Waals surface area (Å²) in [5.41, 5.74) is 10.8. The first-order valence-electron chi connectivity index (χ1n) is 9.88. The number of rotatable bonds is 8. The van der Waals surface area contributed by atoms with Gasteiger partial charge in [-0.15, -0.1) is 23.1 Å². The van der Waals surface area contributed by atoms with Crippen LogP contribution in [-0.2, 0) is 14.4 Å². The number of hydrogen-bond donors (Lipinski definition) is 5. The van der Waals surface area contributed by atoms with Crippen molar-refractivity contribution in [1.82, 2.24) is 15.2 Å². The lowest BCUT2D eigenvalue weighted by atomic mass is 10.0. The van der Waals surface area contributed by atoms with Crippen molar-refractivity contribution in [3.05, 3.63) is 52.2 Å². The minimum absolute atomic E-state index is 0.0434. The molecule has 7 N–H and O–H groups in total. The second-order valence-electron chi connectivity index (χ2n) is 7.32. The number of nitrogens with one attached hydrogen (secondary N) is 1. The van der Waals surface area contributed by atoms with E-state index in [0.717, 1.165) is 16.2 Å². The second-order valence-corrected chi connectivity index (χ2v) is 9.31. The van der Waals surface area contributed by atoms with E-state index < -0.39 is 40.8 Å². The van der Waals surface area contributed by atoms with Crippen LogP contribution >= 0.6 is 23.1 Å². The number of aliphatic carboxylic acids is 1. The molecule has 182 valence electrons. The summed E-state index contributed by atoms with van der Waals surface area (Å²) in [6.07, 6.45) is 0. The van der Waals surface area contributed by atoms with Gasteiger partial charge in [0, 0.05) is 22.3 Å². The van der Waals surface area contributed by atoms with Crippen molar-refractivity contribution in [2.75, 3.05) is 18.1 Å². The zero-order valence-corrected chi connectivity index (χ0v) is 19.3. The van der Waals surface area contributed by atoms with Crippen LogP contribution in [0.25, 0.3) is 0 Å². The fraction of sp³-hybridized carbons (Fsp3) is 0.200. The molecule has 1 fully saturated rings. The van der Waals surface area contributed by atoms with Crippen molar-refractivity contribution >= 4 is 57.6 Å². The number of carbonyl (C=O) groups excluding carboxylic acids is 3. The lowest BCUT2D eigenvalue weighted by Crippen LogP contribution is -2.71. The Morgan fingerprint density at radius 2 is 2.00 bits per heavy atom. The summed E-state index contributed by atoms with van der Waals surface area (Å²) in [4.78, 5) is 53.5. The van der Waals surface area contributed by atoms with Crippen LogP contribution < -0.4 is 21.5 Å². The normalized spacial score (nSPS) is 19.6. The molecule has 2 atom stereocenters. The number of anilines is 1. The molecule has 3 heterocycles. The maximum atomic E-state index is 12.8. The van der Waals surface area contributed by atoms with Crippen LogP contribution in [0.5, 0.6) is 5.75 Å². The topological polar surface area (TPSA) is 211 Å². The molecule has 0 radical (unpaired) electrons. The fourth-order valence-electron chi connectivity index (χ4n) is 3.50. The van der Waals surface area contributed by atoms with Crippen LogP contribution in [0.1, 0.15) is 16.1 Å². The monoisotopic (exact) mass is 518 g/mol.